The number of rotatable bonds is 11. The normalized spacial score (nSPS) is 11.5. The molecule has 0 fully saturated rings. The Morgan fingerprint density at radius 3 is 2.66 bits per heavy atom. The van der Waals surface area contributed by atoms with Gasteiger partial charge in [-0.3, -0.25) is 24.9 Å². The Morgan fingerprint density at radius 2 is 1.87 bits per heavy atom. The summed E-state index contributed by atoms with van der Waals surface area (Å²) in [5.41, 5.74) is 3.91. The van der Waals surface area contributed by atoms with Crippen LogP contribution < -0.4 is 16.0 Å². The van der Waals surface area contributed by atoms with Gasteiger partial charge in [0.15, 0.2) is 5.84 Å². The largest absolute Gasteiger partial charge is 0.380 e. The number of fused-ring (bicyclic) bond motifs is 1. The van der Waals surface area contributed by atoms with Gasteiger partial charge < -0.3 is 20.9 Å². The second-order valence-corrected chi connectivity index (χ2v) is 9.70. The minimum absolute atomic E-state index is 0.246. The minimum Gasteiger partial charge on any atom is -0.380 e. The molecule has 0 saturated carbocycles. The summed E-state index contributed by atoms with van der Waals surface area (Å²) in [6.45, 7) is 1.24. The van der Waals surface area contributed by atoms with Crippen molar-refractivity contribution in [2.45, 2.75) is 6.54 Å². The molecule has 38 heavy (non-hydrogen) atoms. The lowest BCUT2D eigenvalue weighted by Gasteiger charge is -2.12. The lowest BCUT2D eigenvalue weighted by atomic mass is 10.1. The van der Waals surface area contributed by atoms with Gasteiger partial charge in [-0.25, -0.2) is 0 Å². The molecule has 2 heterocycles. The van der Waals surface area contributed by atoms with Crippen molar-refractivity contribution in [3.8, 4) is 0 Å². The van der Waals surface area contributed by atoms with Gasteiger partial charge in [0, 0.05) is 41.0 Å². The molecule has 11 heteroatoms. The number of thiophene rings is 1. The van der Waals surface area contributed by atoms with E-state index >= 15 is 0 Å². The van der Waals surface area contributed by atoms with Crippen molar-refractivity contribution in [2.24, 2.45) is 4.99 Å². The Hall–Kier alpha value is -4.35. The first-order valence-corrected chi connectivity index (χ1v) is 12.9. The second-order valence-electron chi connectivity index (χ2n) is 8.79. The number of aromatic nitrogens is 1. The number of pyridine rings is 1. The van der Waals surface area contributed by atoms with Gasteiger partial charge in [0.1, 0.15) is 4.88 Å². The van der Waals surface area contributed by atoms with Crippen LogP contribution in [0.2, 0.25) is 0 Å². The van der Waals surface area contributed by atoms with Crippen LogP contribution in [0, 0.1) is 10.1 Å². The van der Waals surface area contributed by atoms with Gasteiger partial charge in [0.05, 0.1) is 17.7 Å². The Bertz CT molecular complexity index is 1450. The number of hydrogen-bond donors (Lipinski definition) is 3. The smallest absolute Gasteiger partial charge is 0.267 e. The van der Waals surface area contributed by atoms with Crippen molar-refractivity contribution < 1.29 is 9.72 Å². The van der Waals surface area contributed by atoms with Crippen LogP contribution in [-0.2, 0) is 6.54 Å². The van der Waals surface area contributed by atoms with E-state index in [0.717, 1.165) is 22.2 Å². The molecule has 0 bridgehead atoms. The molecule has 10 nitrogen and oxygen atoms in total. The lowest BCUT2D eigenvalue weighted by Crippen LogP contribution is -2.24. The third-order valence-corrected chi connectivity index (χ3v) is 6.53. The molecule has 0 saturated heterocycles. The van der Waals surface area contributed by atoms with Crippen LogP contribution in [-0.4, -0.2) is 60.3 Å². The second kappa shape index (κ2) is 12.7. The molecule has 4 rings (SSSR count). The Labute approximate surface area is 224 Å². The summed E-state index contributed by atoms with van der Waals surface area (Å²) in [6.07, 6.45) is 1.78. The Morgan fingerprint density at radius 1 is 1.08 bits per heavy atom. The number of benzene rings is 2. The SMILES string of the molecule is CN(C)CCN=C(C[N+](=O)[O-])Nc1cccc(NC(=O)c2sccc2NCc2ccnc3ccccc23)c1. The van der Waals surface area contributed by atoms with Crippen LogP contribution in [0.25, 0.3) is 10.9 Å². The molecule has 0 atom stereocenters. The maximum absolute atomic E-state index is 13.1. The first-order valence-electron chi connectivity index (χ1n) is 12.0. The van der Waals surface area contributed by atoms with E-state index in [9.17, 15) is 14.9 Å². The fourth-order valence-electron chi connectivity index (χ4n) is 3.79. The van der Waals surface area contributed by atoms with E-state index in [2.05, 4.69) is 25.9 Å². The first kappa shape index (κ1) is 26.7. The number of para-hydroxylation sites is 1. The van der Waals surface area contributed by atoms with E-state index in [1.165, 1.54) is 11.3 Å². The highest BCUT2D eigenvalue weighted by molar-refractivity contribution is 7.12. The van der Waals surface area contributed by atoms with Crippen LogP contribution >= 0.6 is 11.3 Å². The van der Waals surface area contributed by atoms with E-state index in [1.54, 1.807) is 30.5 Å². The number of nitro groups is 1. The maximum Gasteiger partial charge on any atom is 0.267 e. The zero-order chi connectivity index (χ0) is 26.9. The number of nitrogens with one attached hydrogen (secondary N) is 3. The van der Waals surface area contributed by atoms with E-state index in [0.29, 0.717) is 35.9 Å². The zero-order valence-electron chi connectivity index (χ0n) is 21.2. The van der Waals surface area contributed by atoms with Gasteiger partial charge in [-0.15, -0.1) is 11.3 Å². The molecule has 2 aromatic carbocycles. The van der Waals surface area contributed by atoms with Crippen molar-refractivity contribution in [3.05, 3.63) is 92.8 Å². The molecular formula is C27H29N7O3S. The number of carbonyl (C=O) groups is 1. The number of hydrogen-bond acceptors (Lipinski definition) is 8. The predicted octanol–water partition coefficient (Wildman–Crippen LogP) is 4.81. The standard InChI is InChI=1S/C27H29N7O3S/c1-33(2)14-13-29-25(18-34(36)37)31-20-6-5-7-21(16-20)32-27(35)26-24(11-15-38-26)30-17-19-10-12-28-23-9-4-3-8-22(19)23/h3-12,15-16,30H,13-14,17-18H2,1-2H3,(H,29,31)(H,32,35). The van der Waals surface area contributed by atoms with Crippen molar-refractivity contribution in [1.29, 1.82) is 0 Å². The number of aliphatic imine (C=N–C) groups is 1. The fourth-order valence-corrected chi connectivity index (χ4v) is 4.55. The summed E-state index contributed by atoms with van der Waals surface area (Å²) in [7, 11) is 3.83. The number of amidine groups is 1. The van der Waals surface area contributed by atoms with Gasteiger partial charge in [0.25, 0.3) is 12.5 Å². The molecule has 0 aliphatic carbocycles. The topological polar surface area (TPSA) is 125 Å². The van der Waals surface area contributed by atoms with Crippen LogP contribution in [0.4, 0.5) is 17.1 Å². The monoisotopic (exact) mass is 531 g/mol. The van der Waals surface area contributed by atoms with Crippen LogP contribution in [0.3, 0.4) is 0 Å². The van der Waals surface area contributed by atoms with E-state index < -0.39 is 11.5 Å². The highest BCUT2D eigenvalue weighted by atomic mass is 32.1. The average molecular weight is 532 g/mol. The predicted molar refractivity (Wildman–Crippen MR) is 154 cm³/mol. The number of amides is 1. The molecule has 2 aromatic heterocycles. The van der Waals surface area contributed by atoms with Gasteiger partial charge in [-0.1, -0.05) is 24.3 Å². The quantitative estimate of drug-likeness (QED) is 0.110. The first-order chi connectivity index (χ1) is 18.4. The van der Waals surface area contributed by atoms with Crippen molar-refractivity contribution in [1.82, 2.24) is 9.88 Å². The molecule has 196 valence electrons. The molecule has 0 aliphatic rings. The third-order valence-electron chi connectivity index (χ3n) is 5.62. The third kappa shape index (κ3) is 7.34. The Balaban J connectivity index is 1.42. The van der Waals surface area contributed by atoms with E-state index in [1.807, 2.05) is 60.8 Å². The summed E-state index contributed by atoms with van der Waals surface area (Å²) in [6, 6.07) is 18.8. The van der Waals surface area contributed by atoms with Gasteiger partial charge in [-0.05, 0) is 61.4 Å². The highest BCUT2D eigenvalue weighted by Gasteiger charge is 2.15. The number of nitrogens with zero attached hydrogens (tertiary/aromatic N) is 4. The van der Waals surface area contributed by atoms with Crippen molar-refractivity contribution in [3.63, 3.8) is 0 Å². The minimum atomic E-state index is -0.423. The lowest BCUT2D eigenvalue weighted by molar-refractivity contribution is -0.463. The zero-order valence-corrected chi connectivity index (χ0v) is 22.0. The van der Waals surface area contributed by atoms with Crippen molar-refractivity contribution in [2.75, 3.05) is 49.7 Å². The molecule has 3 N–H and O–H groups in total. The van der Waals surface area contributed by atoms with Gasteiger partial charge in [0.2, 0.25) is 0 Å². The number of anilines is 3. The molecule has 0 radical (unpaired) electrons. The Kier molecular flexibility index (Phi) is 8.96. The molecular weight excluding hydrogens is 502 g/mol. The van der Waals surface area contributed by atoms with Crippen LogP contribution in [0.5, 0.6) is 0 Å². The van der Waals surface area contributed by atoms with Crippen molar-refractivity contribution >= 4 is 51.0 Å². The molecule has 4 aromatic rings. The summed E-state index contributed by atoms with van der Waals surface area (Å²) in [4.78, 5) is 35.0. The molecule has 0 aliphatic heterocycles. The average Bonchev–Trinajstić information content (AvgIpc) is 3.36. The highest BCUT2D eigenvalue weighted by Crippen LogP contribution is 2.26. The van der Waals surface area contributed by atoms with E-state index in [-0.39, 0.29) is 11.7 Å². The molecule has 0 unspecified atom stereocenters. The van der Waals surface area contributed by atoms with Gasteiger partial charge >= 0.3 is 0 Å². The number of likely N-dealkylation sites (N-methyl/N-ethyl adjacent to an activating group) is 1. The summed E-state index contributed by atoms with van der Waals surface area (Å²) in [5, 5.41) is 23.3. The summed E-state index contributed by atoms with van der Waals surface area (Å²) >= 11 is 1.35. The molecule has 1 amide bonds. The summed E-state index contributed by atoms with van der Waals surface area (Å²) in [5.74, 6) is 0.0121. The van der Waals surface area contributed by atoms with E-state index in [4.69, 9.17) is 0 Å². The maximum atomic E-state index is 13.1. The summed E-state index contributed by atoms with van der Waals surface area (Å²) < 4.78 is 0. The van der Waals surface area contributed by atoms with Crippen LogP contribution in [0.15, 0.2) is 77.2 Å². The fraction of sp³-hybridized carbons (Fsp3) is 0.222. The number of carbonyl (C=O) groups excluding carboxylic acids is 1. The van der Waals surface area contributed by atoms with Crippen LogP contribution in [0.1, 0.15) is 15.2 Å². The van der Waals surface area contributed by atoms with Gasteiger partial charge in [-0.2, -0.15) is 0 Å². The molecule has 0 spiro atoms.